The van der Waals surface area contributed by atoms with Gasteiger partial charge in [0.05, 0.1) is 13.7 Å². The lowest BCUT2D eigenvalue weighted by molar-refractivity contribution is -0.157. The van der Waals surface area contributed by atoms with Gasteiger partial charge in [-0.3, -0.25) is 9.69 Å². The third-order valence-corrected chi connectivity index (χ3v) is 4.47. The van der Waals surface area contributed by atoms with Gasteiger partial charge in [-0.1, -0.05) is 0 Å². The normalized spacial score (nSPS) is 20.5. The summed E-state index contributed by atoms with van der Waals surface area (Å²) in [6, 6.07) is 3.97. The number of nitrogens with zero attached hydrogens (tertiary/aromatic N) is 1. The van der Waals surface area contributed by atoms with Gasteiger partial charge in [0.1, 0.15) is 5.75 Å². The highest BCUT2D eigenvalue weighted by molar-refractivity contribution is 7.87. The van der Waals surface area contributed by atoms with Crippen LogP contribution in [0.2, 0.25) is 0 Å². The van der Waals surface area contributed by atoms with Crippen molar-refractivity contribution < 1.29 is 44.8 Å². The largest absolute Gasteiger partial charge is 0.523 e. The number of carbonyl (C=O) groups excluding carboxylic acids is 2. The van der Waals surface area contributed by atoms with Gasteiger partial charge in [-0.15, -0.1) is 0 Å². The molecule has 0 aliphatic carbocycles. The van der Waals surface area contributed by atoms with E-state index >= 15 is 0 Å². The number of β-lactam (4-membered cyclic amide) rings is 1. The van der Waals surface area contributed by atoms with Crippen molar-refractivity contribution in [3.05, 3.63) is 24.3 Å². The summed E-state index contributed by atoms with van der Waals surface area (Å²) in [5.74, 6) is -1.78. The zero-order valence-electron chi connectivity index (χ0n) is 13.5. The van der Waals surface area contributed by atoms with Gasteiger partial charge in [0.15, 0.2) is 12.1 Å². The van der Waals surface area contributed by atoms with Crippen LogP contribution in [0.1, 0.15) is 6.92 Å². The highest BCUT2D eigenvalue weighted by atomic mass is 32.2. The van der Waals surface area contributed by atoms with E-state index in [9.17, 15) is 31.2 Å². The fraction of sp³-hybridized carbons (Fsp3) is 0.429. The second kappa shape index (κ2) is 7.11. The van der Waals surface area contributed by atoms with Crippen molar-refractivity contribution in [2.24, 2.45) is 0 Å². The summed E-state index contributed by atoms with van der Waals surface area (Å²) in [6.45, 7) is 1.32. The first-order valence-electron chi connectivity index (χ1n) is 7.16. The molecule has 1 aliphatic heterocycles. The molecule has 1 saturated heterocycles. The number of rotatable bonds is 6. The smallest absolute Gasteiger partial charge is 0.497 e. The molecule has 0 bridgehead atoms. The molecular formula is C14H14F3NO7S. The van der Waals surface area contributed by atoms with Crippen molar-refractivity contribution in [3.63, 3.8) is 0 Å². The molecule has 1 amide bonds. The number of anilines is 1. The van der Waals surface area contributed by atoms with Crippen LogP contribution in [0.5, 0.6) is 5.75 Å². The Hall–Kier alpha value is -2.34. The summed E-state index contributed by atoms with van der Waals surface area (Å²) in [7, 11) is -4.66. The molecule has 1 fully saturated rings. The first-order valence-corrected chi connectivity index (χ1v) is 8.57. The maximum atomic E-state index is 12.5. The van der Waals surface area contributed by atoms with Crippen LogP contribution in [0.15, 0.2) is 24.3 Å². The molecule has 0 radical (unpaired) electrons. The number of alkyl halides is 3. The Morgan fingerprint density at radius 1 is 1.23 bits per heavy atom. The first kappa shape index (κ1) is 20.0. The molecule has 0 spiro atoms. The van der Waals surface area contributed by atoms with E-state index in [0.29, 0.717) is 5.75 Å². The number of amides is 1. The molecule has 2 rings (SSSR count). The SMILES string of the molecule is CCOC(=O)[C@@H]1[C@H](OS(=O)(=O)C(F)(F)F)C(=O)N1c1ccc(OC)cc1. The Bertz CT molecular complexity index is 792. The van der Waals surface area contributed by atoms with Crippen molar-refractivity contribution >= 4 is 27.7 Å². The maximum absolute atomic E-state index is 12.5. The minimum Gasteiger partial charge on any atom is -0.497 e. The van der Waals surface area contributed by atoms with E-state index in [1.54, 1.807) is 0 Å². The second-order valence-corrected chi connectivity index (χ2v) is 6.58. The molecule has 12 heteroatoms. The summed E-state index contributed by atoms with van der Waals surface area (Å²) in [5.41, 5.74) is -5.59. The van der Waals surface area contributed by atoms with E-state index in [-0.39, 0.29) is 12.3 Å². The molecule has 8 nitrogen and oxygen atoms in total. The van der Waals surface area contributed by atoms with Gasteiger partial charge < -0.3 is 9.47 Å². The fourth-order valence-electron chi connectivity index (χ4n) is 2.23. The van der Waals surface area contributed by atoms with Gasteiger partial charge >= 0.3 is 21.6 Å². The quantitative estimate of drug-likeness (QED) is 0.308. The van der Waals surface area contributed by atoms with Gasteiger partial charge in [-0.05, 0) is 31.2 Å². The highest BCUT2D eigenvalue weighted by Crippen LogP contribution is 2.35. The number of esters is 1. The molecule has 0 N–H and O–H groups in total. The van der Waals surface area contributed by atoms with Crippen LogP contribution in [-0.4, -0.2) is 51.7 Å². The summed E-state index contributed by atoms with van der Waals surface area (Å²) >= 11 is 0. The number of halogens is 3. The lowest BCUT2D eigenvalue weighted by Crippen LogP contribution is -2.70. The molecule has 1 aliphatic rings. The van der Waals surface area contributed by atoms with Crippen LogP contribution < -0.4 is 9.64 Å². The third kappa shape index (κ3) is 3.60. The Morgan fingerprint density at radius 3 is 2.27 bits per heavy atom. The Balaban J connectivity index is 2.33. The van der Waals surface area contributed by atoms with Crippen molar-refractivity contribution in [1.82, 2.24) is 0 Å². The standard InChI is InChI=1S/C14H14F3NO7S/c1-3-24-13(20)10-11(25-26(21,22)14(15,16)17)12(19)18(10)8-4-6-9(23-2)7-5-8/h4-7,10-11H,3H2,1-2H3/t10-,11-/m0/s1. The van der Waals surface area contributed by atoms with Crippen LogP contribution in [-0.2, 0) is 28.6 Å². The predicted octanol–water partition coefficient (Wildman–Crippen LogP) is 1.21. The lowest BCUT2D eigenvalue weighted by atomic mass is 9.97. The van der Waals surface area contributed by atoms with Crippen molar-refractivity contribution in [2.45, 2.75) is 24.6 Å². The number of hydrogen-bond acceptors (Lipinski definition) is 7. The molecule has 26 heavy (non-hydrogen) atoms. The topological polar surface area (TPSA) is 99.2 Å². The van der Waals surface area contributed by atoms with Gasteiger partial charge in [0, 0.05) is 5.69 Å². The molecule has 1 aromatic carbocycles. The van der Waals surface area contributed by atoms with E-state index < -0.39 is 39.6 Å². The van der Waals surface area contributed by atoms with Crippen molar-refractivity contribution in [3.8, 4) is 5.75 Å². The molecule has 2 atom stereocenters. The Morgan fingerprint density at radius 2 is 1.81 bits per heavy atom. The van der Waals surface area contributed by atoms with Crippen LogP contribution in [0.3, 0.4) is 0 Å². The molecule has 0 unspecified atom stereocenters. The number of benzene rings is 1. The Labute approximate surface area is 146 Å². The predicted molar refractivity (Wildman–Crippen MR) is 80.7 cm³/mol. The lowest BCUT2D eigenvalue weighted by Gasteiger charge is -2.43. The second-order valence-electron chi connectivity index (χ2n) is 5.02. The minimum absolute atomic E-state index is 0.126. The van der Waals surface area contributed by atoms with Gasteiger partial charge in [0.2, 0.25) is 0 Å². The summed E-state index contributed by atoms with van der Waals surface area (Å²) < 4.78 is 73.4. The van der Waals surface area contributed by atoms with Gasteiger partial charge in [-0.2, -0.15) is 21.6 Å². The summed E-state index contributed by atoms with van der Waals surface area (Å²) in [6.07, 6.45) is -2.16. The van der Waals surface area contributed by atoms with E-state index in [0.717, 1.165) is 4.90 Å². The number of methoxy groups -OCH3 is 1. The van der Waals surface area contributed by atoms with E-state index in [2.05, 4.69) is 4.18 Å². The monoisotopic (exact) mass is 397 g/mol. The van der Waals surface area contributed by atoms with Crippen LogP contribution in [0.4, 0.5) is 18.9 Å². The van der Waals surface area contributed by atoms with E-state index in [1.807, 2.05) is 0 Å². The molecule has 0 aromatic heterocycles. The number of carbonyl (C=O) groups is 2. The first-order chi connectivity index (χ1) is 12.0. The van der Waals surface area contributed by atoms with Crippen LogP contribution >= 0.6 is 0 Å². The van der Waals surface area contributed by atoms with Crippen molar-refractivity contribution in [2.75, 3.05) is 18.6 Å². The Kier molecular flexibility index (Phi) is 5.47. The fourth-order valence-corrected chi connectivity index (χ4v) is 2.80. The molecule has 144 valence electrons. The molecule has 1 aromatic rings. The average molecular weight is 397 g/mol. The third-order valence-electron chi connectivity index (χ3n) is 3.44. The number of hydrogen-bond donors (Lipinski definition) is 0. The zero-order chi connectivity index (χ0) is 19.7. The number of ether oxygens (including phenoxy) is 2. The maximum Gasteiger partial charge on any atom is 0.523 e. The zero-order valence-corrected chi connectivity index (χ0v) is 14.3. The van der Waals surface area contributed by atoms with Crippen LogP contribution in [0.25, 0.3) is 0 Å². The average Bonchev–Trinajstić information content (AvgIpc) is 2.56. The van der Waals surface area contributed by atoms with Crippen LogP contribution in [0, 0.1) is 0 Å². The van der Waals surface area contributed by atoms with Gasteiger partial charge in [0.25, 0.3) is 5.91 Å². The summed E-state index contributed by atoms with van der Waals surface area (Å²) in [4.78, 5) is 25.0. The van der Waals surface area contributed by atoms with Gasteiger partial charge in [-0.25, -0.2) is 8.98 Å². The van der Waals surface area contributed by atoms with Crippen molar-refractivity contribution in [1.29, 1.82) is 0 Å². The highest BCUT2D eigenvalue weighted by Gasteiger charge is 2.60. The van der Waals surface area contributed by atoms with E-state index in [4.69, 9.17) is 9.47 Å². The molecule has 1 heterocycles. The molecular weight excluding hydrogens is 383 g/mol. The van der Waals surface area contributed by atoms with E-state index in [1.165, 1.54) is 38.3 Å². The summed E-state index contributed by atoms with van der Waals surface area (Å²) in [5, 5.41) is 0. The molecule has 0 saturated carbocycles. The minimum atomic E-state index is -6.06.